The highest BCUT2D eigenvalue weighted by Crippen LogP contribution is 2.29. The number of benzene rings is 2. The van der Waals surface area contributed by atoms with E-state index in [0.717, 1.165) is 55.5 Å². The molecule has 0 bridgehead atoms. The lowest BCUT2D eigenvalue weighted by Gasteiger charge is -2.30. The number of piperazine rings is 1. The van der Waals surface area contributed by atoms with Gasteiger partial charge < -0.3 is 24.6 Å². The minimum Gasteiger partial charge on any atom is -0.493 e. The van der Waals surface area contributed by atoms with Crippen molar-refractivity contribution in [3.63, 3.8) is 0 Å². The molecule has 3 N–H and O–H groups in total. The molecule has 2 aromatic carbocycles. The third-order valence-corrected chi connectivity index (χ3v) is 5.78. The minimum atomic E-state index is 0.0912. The number of nitrogens with one attached hydrogen (secondary N) is 3. The molecule has 0 aliphatic carbocycles. The Balaban J connectivity index is 1.51. The number of hydrogen-bond donors (Lipinski definition) is 3. The number of anilines is 1. The van der Waals surface area contributed by atoms with Crippen molar-refractivity contribution in [2.24, 2.45) is 0 Å². The van der Waals surface area contributed by atoms with Crippen LogP contribution < -0.4 is 24.6 Å². The summed E-state index contributed by atoms with van der Waals surface area (Å²) in [6.45, 7) is 9.74. The van der Waals surface area contributed by atoms with E-state index in [9.17, 15) is 4.79 Å². The van der Waals surface area contributed by atoms with Crippen LogP contribution in [0.4, 0.5) is 5.69 Å². The minimum absolute atomic E-state index is 0.0912. The van der Waals surface area contributed by atoms with Crippen LogP contribution >= 0.6 is 0 Å². The maximum atomic E-state index is 12.4. The topological polar surface area (TPSA) is 56.4 Å². The first kappa shape index (κ1) is 21.1. The number of methoxy groups -OCH3 is 2. The Hall–Kier alpha value is -2.57. The molecule has 0 saturated carbocycles. The fourth-order valence-corrected chi connectivity index (χ4v) is 3.93. The van der Waals surface area contributed by atoms with Crippen LogP contribution in [0.25, 0.3) is 0 Å². The van der Waals surface area contributed by atoms with Crippen molar-refractivity contribution in [3.05, 3.63) is 53.1 Å². The molecule has 0 aromatic heterocycles. The molecule has 1 aliphatic rings. The number of rotatable bonds is 7. The molecular formula is C23H33N3O3+2. The van der Waals surface area contributed by atoms with E-state index in [1.165, 1.54) is 16.0 Å². The molecule has 0 unspecified atom stereocenters. The van der Waals surface area contributed by atoms with Crippen molar-refractivity contribution in [2.45, 2.75) is 20.4 Å². The van der Waals surface area contributed by atoms with Crippen molar-refractivity contribution in [3.8, 4) is 11.5 Å². The Morgan fingerprint density at radius 3 is 2.21 bits per heavy atom. The molecule has 2 aromatic rings. The smallest absolute Gasteiger partial charge is 0.279 e. The predicted octanol–water partition coefficient (Wildman–Crippen LogP) is 0.243. The van der Waals surface area contributed by atoms with E-state index in [0.29, 0.717) is 6.54 Å². The lowest BCUT2D eigenvalue weighted by atomic mass is 10.1. The van der Waals surface area contributed by atoms with Crippen molar-refractivity contribution in [1.82, 2.24) is 0 Å². The van der Waals surface area contributed by atoms with Crippen molar-refractivity contribution in [2.75, 3.05) is 52.3 Å². The van der Waals surface area contributed by atoms with Crippen molar-refractivity contribution >= 4 is 11.6 Å². The van der Waals surface area contributed by atoms with Gasteiger partial charge in [0.25, 0.3) is 5.91 Å². The zero-order valence-corrected chi connectivity index (χ0v) is 17.9. The van der Waals surface area contributed by atoms with E-state index in [-0.39, 0.29) is 5.91 Å². The highest BCUT2D eigenvalue weighted by atomic mass is 16.5. The first-order valence-electron chi connectivity index (χ1n) is 10.2. The summed E-state index contributed by atoms with van der Waals surface area (Å²) in [6, 6.07) is 12.0. The molecule has 1 saturated heterocycles. The standard InChI is InChI=1S/C23H31N3O3/c1-17-7-5-6-8-20(17)24-23(27)16-26-11-9-25(10-12-26)15-19-14-22(29-4)21(28-3)13-18(19)2/h5-8,13-14H,9-12,15-16H2,1-4H3,(H,24,27)/p+2. The average Bonchev–Trinajstić information content (AvgIpc) is 2.72. The van der Waals surface area contributed by atoms with E-state index >= 15 is 0 Å². The highest BCUT2D eigenvalue weighted by molar-refractivity contribution is 5.92. The second-order valence-electron chi connectivity index (χ2n) is 7.85. The third kappa shape index (κ3) is 5.49. The van der Waals surface area contributed by atoms with Crippen molar-refractivity contribution < 1.29 is 24.1 Å². The average molecular weight is 400 g/mol. The lowest BCUT2D eigenvalue weighted by Crippen LogP contribution is -3.28. The number of hydrogen-bond acceptors (Lipinski definition) is 3. The number of aryl methyl sites for hydroxylation is 2. The molecule has 6 heteroatoms. The molecule has 156 valence electrons. The number of ether oxygens (including phenoxy) is 2. The van der Waals surface area contributed by atoms with Crippen LogP contribution in [0.1, 0.15) is 16.7 Å². The molecule has 6 nitrogen and oxygen atoms in total. The fourth-order valence-electron chi connectivity index (χ4n) is 3.93. The SMILES string of the molecule is COc1cc(C)c(C[NH+]2CC[NH+](CC(=O)Nc3ccccc3C)CC2)cc1OC. The lowest BCUT2D eigenvalue weighted by molar-refractivity contribution is -1.02. The second kappa shape index (κ2) is 9.76. The van der Waals surface area contributed by atoms with Gasteiger partial charge in [-0.1, -0.05) is 18.2 Å². The predicted molar refractivity (Wildman–Crippen MR) is 114 cm³/mol. The number of carbonyl (C=O) groups is 1. The van der Waals surface area contributed by atoms with E-state index in [4.69, 9.17) is 9.47 Å². The Bertz CT molecular complexity index is 845. The summed E-state index contributed by atoms with van der Waals surface area (Å²) in [7, 11) is 3.34. The van der Waals surface area contributed by atoms with Gasteiger partial charge in [0.2, 0.25) is 0 Å². The molecule has 0 radical (unpaired) electrons. The van der Waals surface area contributed by atoms with Crippen LogP contribution in [-0.2, 0) is 11.3 Å². The largest absolute Gasteiger partial charge is 0.493 e. The van der Waals surface area contributed by atoms with Crippen LogP contribution in [0.15, 0.2) is 36.4 Å². The normalized spacial score (nSPS) is 18.9. The molecule has 1 amide bonds. The summed E-state index contributed by atoms with van der Waals surface area (Å²) in [5, 5.41) is 3.05. The second-order valence-corrected chi connectivity index (χ2v) is 7.85. The van der Waals surface area contributed by atoms with Gasteiger partial charge >= 0.3 is 0 Å². The Morgan fingerprint density at radius 2 is 1.55 bits per heavy atom. The summed E-state index contributed by atoms with van der Waals surface area (Å²) in [5.74, 6) is 1.65. The summed E-state index contributed by atoms with van der Waals surface area (Å²) in [4.78, 5) is 15.3. The molecule has 29 heavy (non-hydrogen) atoms. The molecule has 0 spiro atoms. The first-order valence-corrected chi connectivity index (χ1v) is 10.2. The first-order chi connectivity index (χ1) is 14.0. The van der Waals surface area contributed by atoms with E-state index in [1.54, 1.807) is 19.1 Å². The maximum absolute atomic E-state index is 12.4. The van der Waals surface area contributed by atoms with Gasteiger partial charge in [-0.2, -0.15) is 0 Å². The van der Waals surface area contributed by atoms with Gasteiger partial charge in [0.15, 0.2) is 18.0 Å². The van der Waals surface area contributed by atoms with Crippen LogP contribution in [0.2, 0.25) is 0 Å². The molecule has 1 aliphatic heterocycles. The monoisotopic (exact) mass is 399 g/mol. The van der Waals surface area contributed by atoms with Crippen LogP contribution in [0, 0.1) is 13.8 Å². The van der Waals surface area contributed by atoms with Gasteiger partial charge in [0, 0.05) is 11.3 Å². The van der Waals surface area contributed by atoms with E-state index < -0.39 is 0 Å². The van der Waals surface area contributed by atoms with Gasteiger partial charge in [0.1, 0.15) is 32.7 Å². The van der Waals surface area contributed by atoms with E-state index in [2.05, 4.69) is 18.3 Å². The number of para-hydroxylation sites is 1. The van der Waals surface area contributed by atoms with Crippen LogP contribution in [0.3, 0.4) is 0 Å². The van der Waals surface area contributed by atoms with Crippen molar-refractivity contribution in [1.29, 1.82) is 0 Å². The number of quaternary nitrogens is 2. The summed E-state index contributed by atoms with van der Waals surface area (Å²) in [5.41, 5.74) is 4.52. The Labute approximate surface area is 173 Å². The zero-order chi connectivity index (χ0) is 20.8. The van der Waals surface area contributed by atoms with Gasteiger partial charge in [0.05, 0.1) is 14.2 Å². The molecular weight excluding hydrogens is 366 g/mol. The number of amides is 1. The molecule has 0 atom stereocenters. The Kier molecular flexibility index (Phi) is 7.12. The van der Waals surface area contributed by atoms with Crippen LogP contribution in [0.5, 0.6) is 11.5 Å². The zero-order valence-electron chi connectivity index (χ0n) is 17.9. The highest BCUT2D eigenvalue weighted by Gasteiger charge is 2.25. The van der Waals surface area contributed by atoms with Gasteiger partial charge in [-0.3, -0.25) is 4.79 Å². The summed E-state index contributed by atoms with van der Waals surface area (Å²) >= 11 is 0. The third-order valence-electron chi connectivity index (χ3n) is 5.78. The maximum Gasteiger partial charge on any atom is 0.279 e. The van der Waals surface area contributed by atoms with Gasteiger partial charge in [-0.15, -0.1) is 0 Å². The fraction of sp³-hybridized carbons (Fsp3) is 0.435. The van der Waals surface area contributed by atoms with Gasteiger partial charge in [-0.25, -0.2) is 0 Å². The molecule has 1 heterocycles. The molecule has 1 fully saturated rings. The molecule has 3 rings (SSSR count). The Morgan fingerprint density at radius 1 is 0.931 bits per heavy atom. The summed E-state index contributed by atoms with van der Waals surface area (Å²) in [6.07, 6.45) is 0. The van der Waals surface area contributed by atoms with E-state index in [1.807, 2.05) is 37.3 Å². The van der Waals surface area contributed by atoms with Crippen LogP contribution in [-0.4, -0.2) is 52.9 Å². The summed E-state index contributed by atoms with van der Waals surface area (Å²) < 4.78 is 10.8. The number of carbonyl (C=O) groups excluding carboxylic acids is 1. The quantitative estimate of drug-likeness (QED) is 0.625. The van der Waals surface area contributed by atoms with Gasteiger partial charge in [-0.05, 0) is 43.2 Å².